The molecule has 8 heterocycles. The highest BCUT2D eigenvalue weighted by Gasteiger charge is 2.32. The summed E-state index contributed by atoms with van der Waals surface area (Å²) in [5.74, 6) is -2.18. The van der Waals surface area contributed by atoms with Crippen molar-refractivity contribution >= 4 is 127 Å². The van der Waals surface area contributed by atoms with Crippen molar-refractivity contribution in [3.8, 4) is 0 Å². The number of fused-ring (bicyclic) bond motifs is 12. The predicted octanol–water partition coefficient (Wildman–Crippen LogP) is 17.7. The summed E-state index contributed by atoms with van der Waals surface area (Å²) in [6, 6.07) is 74.8. The number of carbonyl (C=O) groups is 6. The van der Waals surface area contributed by atoms with Gasteiger partial charge in [0.05, 0.1) is 36.3 Å². The molecular weight excluding hydrogens is 1540 g/mol. The molecule has 6 atom stereocenters. The Morgan fingerprint density at radius 3 is 0.482 bits per heavy atom. The molecule has 0 spiro atoms. The van der Waals surface area contributed by atoms with Gasteiger partial charge < -0.3 is 31.9 Å². The number of nitrogens with one attached hydrogen (secondary N) is 6. The van der Waals surface area contributed by atoms with Crippen LogP contribution in [0.4, 0.5) is 0 Å². The number of aromatic nitrogens is 6. The van der Waals surface area contributed by atoms with E-state index in [1.165, 1.54) is 68.0 Å². The molecule has 8 aromatic carbocycles. The lowest BCUT2D eigenvalue weighted by atomic mass is 10.1. The zero-order chi connectivity index (χ0) is 76.0. The molecule has 0 saturated heterocycles. The van der Waals surface area contributed by atoms with E-state index in [0.717, 1.165) is 43.4 Å². The lowest BCUT2D eigenvalue weighted by molar-refractivity contribution is 0.0915. The van der Waals surface area contributed by atoms with Gasteiger partial charge in [-0.2, -0.15) is 0 Å². The number of nitrogens with zero attached hydrogens (tertiary/aromatic N) is 6. The fourth-order valence-electron chi connectivity index (χ4n) is 11.8. The summed E-state index contributed by atoms with van der Waals surface area (Å²) in [6.07, 6.45) is 2.85. The lowest BCUT2D eigenvalue weighted by Gasteiger charge is -2.18. The van der Waals surface area contributed by atoms with Crippen LogP contribution >= 0.6 is 91.2 Å². The second kappa shape index (κ2) is 38.3. The Balaban J connectivity index is 0.000000164. The zero-order valence-electron chi connectivity index (χ0n) is 58.6. The topological polar surface area (TPSA) is 252 Å². The van der Waals surface area contributed by atoms with Crippen molar-refractivity contribution in [3.05, 3.63) is 383 Å². The number of amides is 6. The summed E-state index contributed by atoms with van der Waals surface area (Å²) in [6.45, 7) is 0. The summed E-state index contributed by atoms with van der Waals surface area (Å²) < 4.78 is 0. The second-order valence-electron chi connectivity index (χ2n) is 25.3. The van der Waals surface area contributed by atoms with E-state index in [2.05, 4.69) is 31.9 Å². The largest absolute Gasteiger partial charge is 0.341 e. The van der Waals surface area contributed by atoms with E-state index >= 15 is 0 Å². The molecule has 12 bridgehead atoms. The van der Waals surface area contributed by atoms with Gasteiger partial charge >= 0.3 is 0 Å². The Morgan fingerprint density at radius 1 is 0.218 bits per heavy atom. The van der Waals surface area contributed by atoms with Gasteiger partial charge in [0.15, 0.2) is 0 Å². The molecule has 2 aliphatic rings. The van der Waals surface area contributed by atoms with E-state index < -0.39 is 36.3 Å². The van der Waals surface area contributed by atoms with E-state index in [1.54, 1.807) is 32.3 Å². The molecule has 0 saturated carbocycles. The van der Waals surface area contributed by atoms with E-state index in [4.69, 9.17) is 53.1 Å². The number of hydrogen-bond donors (Lipinski definition) is 6. The van der Waals surface area contributed by atoms with Gasteiger partial charge in [0.25, 0.3) is 35.4 Å². The van der Waals surface area contributed by atoms with E-state index in [-0.39, 0.29) is 69.6 Å². The molecule has 6 aromatic heterocycles. The monoisotopic (exact) mass is 1600 g/mol. The molecule has 0 fully saturated rings. The first-order chi connectivity index (χ1) is 53.7. The number of rotatable bonds is 12. The van der Waals surface area contributed by atoms with Crippen molar-refractivity contribution in [2.45, 2.75) is 74.8 Å². The van der Waals surface area contributed by atoms with Gasteiger partial charge in [-0.1, -0.05) is 242 Å². The lowest BCUT2D eigenvalue weighted by Crippen LogP contribution is -2.33. The average Bonchev–Trinajstić information content (AvgIpc) is 1.67. The average molecular weight is 1610 g/mol. The Labute approximate surface area is 669 Å². The van der Waals surface area contributed by atoms with Gasteiger partial charge in [-0.05, 0) is 96.2 Å². The molecule has 0 aliphatic carbocycles. The van der Waals surface area contributed by atoms with Crippen LogP contribution in [0.15, 0.2) is 275 Å². The van der Waals surface area contributed by atoms with Gasteiger partial charge in [-0.25, -0.2) is 29.9 Å². The van der Waals surface area contributed by atoms with E-state index in [0.29, 0.717) is 68.6 Å². The van der Waals surface area contributed by atoms with Crippen molar-refractivity contribution in [2.75, 3.05) is 0 Å². The van der Waals surface area contributed by atoms with Crippen molar-refractivity contribution in [1.29, 1.82) is 0 Å². The van der Waals surface area contributed by atoms with Gasteiger partial charge in [-0.15, -0.1) is 68.0 Å². The fraction of sp³-hybridized carbons (Fsp3) is 0.143. The van der Waals surface area contributed by atoms with Crippen LogP contribution in [0.3, 0.4) is 0 Å². The van der Waals surface area contributed by atoms with Crippen LogP contribution < -0.4 is 31.9 Å². The van der Waals surface area contributed by atoms with Gasteiger partial charge in [0.1, 0.15) is 64.2 Å². The highest BCUT2D eigenvalue weighted by molar-refractivity contribution is 7.11. The maximum atomic E-state index is 13.7. The minimum absolute atomic E-state index is 0.246. The summed E-state index contributed by atoms with van der Waals surface area (Å²) in [7, 11) is 0. The molecule has 110 heavy (non-hydrogen) atoms. The third-order valence-electron chi connectivity index (χ3n) is 17.3. The first-order valence-electron chi connectivity index (χ1n) is 35.0. The highest BCUT2D eigenvalue weighted by Crippen LogP contribution is 2.32. The van der Waals surface area contributed by atoms with Crippen LogP contribution in [-0.4, -0.2) is 65.3 Å². The van der Waals surface area contributed by atoms with Gasteiger partial charge in [-0.3, -0.25) is 28.8 Å². The number of benzene rings is 8. The molecule has 0 radical (unpaired) electrons. The van der Waals surface area contributed by atoms with Gasteiger partial charge in [0.2, 0.25) is 0 Å². The number of hydrogen-bond acceptors (Lipinski definition) is 18. The Morgan fingerprint density at radius 2 is 0.355 bits per heavy atom. The second-order valence-corrected chi connectivity index (χ2v) is 31.5. The first kappa shape index (κ1) is 77.1. The Hall–Kier alpha value is -11.1. The summed E-state index contributed by atoms with van der Waals surface area (Å²) >= 11 is 19.0. The third-order valence-corrected chi connectivity index (χ3v) is 23.6. The first-order valence-corrected chi connectivity index (χ1v) is 41.0. The third kappa shape index (κ3) is 21.7. The van der Waals surface area contributed by atoms with Crippen LogP contribution in [-0.2, 0) is 38.5 Å². The molecule has 6 amide bonds. The molecular formula is C84H70Cl2N12O6S6. The van der Waals surface area contributed by atoms with Crippen LogP contribution in [0.5, 0.6) is 0 Å². The van der Waals surface area contributed by atoms with Crippen molar-refractivity contribution in [3.63, 3.8) is 0 Å². The van der Waals surface area contributed by atoms with Crippen molar-refractivity contribution in [1.82, 2.24) is 61.8 Å². The predicted molar refractivity (Wildman–Crippen MR) is 438 cm³/mol. The summed E-state index contributed by atoms with van der Waals surface area (Å²) in [5, 5.41) is 34.2. The van der Waals surface area contributed by atoms with Crippen molar-refractivity contribution in [2.24, 2.45) is 0 Å². The summed E-state index contributed by atoms with van der Waals surface area (Å²) in [5.41, 5.74) is 7.55. The van der Waals surface area contributed by atoms with Gasteiger partial charge in [0, 0.05) is 42.3 Å². The highest BCUT2D eigenvalue weighted by atomic mass is 35.5. The van der Waals surface area contributed by atoms with Crippen LogP contribution in [0, 0.1) is 0 Å². The van der Waals surface area contributed by atoms with Crippen LogP contribution in [0.1, 0.15) is 163 Å². The van der Waals surface area contributed by atoms with Crippen LogP contribution in [0.2, 0.25) is 10.0 Å². The minimum Gasteiger partial charge on any atom is -0.341 e. The normalized spacial score (nSPS) is 17.0. The summed E-state index contributed by atoms with van der Waals surface area (Å²) in [4.78, 5) is 110. The Bertz CT molecular complexity index is 4540. The zero-order valence-corrected chi connectivity index (χ0v) is 65.0. The number of thiazole rings is 6. The fourth-order valence-corrected chi connectivity index (χ4v) is 17.2. The van der Waals surface area contributed by atoms with Crippen LogP contribution in [0.25, 0.3) is 0 Å². The molecule has 16 rings (SSSR count). The maximum Gasteiger partial charge on any atom is 0.271 e. The SMILES string of the molecule is Clc1ccccc1.Clc1ccccc1.O=C1N[C@@H](Cc2ccccc2)c2nc(cs2)C(=O)N[C@@H](Cc2ccccc2)c2nc(cs2)C(=O)N[C@@H](Cc2ccccc2)c2nc1cs2.O=C1N[C@@H](Cc2ccccc2)c2nc(cs2)C(=O)N[C@@H](Cc2ccccc2)c2nc(cs2)C(=O)N[C@@H](Cc2ccccc2)c2nc1cs2. The number of halogens is 2. The molecule has 0 unspecified atom stereocenters. The molecule has 14 aromatic rings. The smallest absolute Gasteiger partial charge is 0.271 e. The minimum atomic E-state index is -0.503. The molecule has 18 nitrogen and oxygen atoms in total. The van der Waals surface area contributed by atoms with E-state index in [9.17, 15) is 28.8 Å². The Kier molecular flexibility index (Phi) is 26.9. The number of carbonyl (C=O) groups excluding carboxylic acids is 6. The molecule has 552 valence electrons. The maximum absolute atomic E-state index is 13.7. The quantitative estimate of drug-likeness (QED) is 0.0668. The molecule has 2 aliphatic heterocycles. The molecule has 26 heteroatoms. The van der Waals surface area contributed by atoms with E-state index in [1.807, 2.05) is 243 Å². The van der Waals surface area contributed by atoms with Crippen molar-refractivity contribution < 1.29 is 28.8 Å². The molecule has 6 N–H and O–H groups in total. The standard InChI is InChI=1S/2C36H30N6O3S3.2C6H5Cl/c2*43-31-28-20-47-35(41-28)26(17-23-12-6-2-7-13-23)39-33(45)30-21-48-36(42-30)27(18-24-14-8-3-9-15-24)38-32(44)29-19-46-34(40-29)25(37-31)16-22-10-4-1-5-11-22;2*7-6-4-2-1-3-5-6/h2*1-15,19-21,25-27H,16-18H2,(H,37,43)(H,38,44)(H,39,45);2*1-5H/t2*25-,26-,27-;;/m00../s1.